The largest absolute Gasteiger partial charge is 0.471 e. The van der Waals surface area contributed by atoms with E-state index in [1.807, 2.05) is 0 Å². The predicted octanol–water partition coefficient (Wildman–Crippen LogP) is -4.43. The fraction of sp³-hybridized carbons (Fsp3) is 0.700. The van der Waals surface area contributed by atoms with Crippen molar-refractivity contribution in [3.63, 3.8) is 0 Å². The number of halogens is 3. The van der Waals surface area contributed by atoms with Gasteiger partial charge in [0.05, 0.1) is 18.7 Å². The molecule has 12 N–H and O–H groups in total. The molecular weight excluding hydrogens is 713 g/mol. The van der Waals surface area contributed by atoms with Crippen LogP contribution in [0.3, 0.4) is 0 Å². The number of nitrogens with two attached hydrogens (primary N) is 1. The van der Waals surface area contributed by atoms with Gasteiger partial charge in [-0.2, -0.15) is 13.2 Å². The van der Waals surface area contributed by atoms with Crippen molar-refractivity contribution in [3.05, 3.63) is 35.9 Å². The van der Waals surface area contributed by atoms with Gasteiger partial charge in [0.25, 0.3) is 0 Å². The zero-order chi connectivity index (χ0) is 38.5. The molecule has 0 radical (unpaired) electrons. The van der Waals surface area contributed by atoms with E-state index in [1.54, 1.807) is 30.3 Å². The minimum absolute atomic E-state index is 0.0870. The van der Waals surface area contributed by atoms with Crippen molar-refractivity contribution >= 4 is 17.9 Å². The summed E-state index contributed by atoms with van der Waals surface area (Å²) in [6, 6.07) is 4.22. The Morgan fingerprint density at radius 3 is 2.08 bits per heavy atom. The van der Waals surface area contributed by atoms with Crippen molar-refractivity contribution in [2.24, 2.45) is 5.73 Å². The maximum Gasteiger partial charge on any atom is 0.471 e. The third-order valence-electron chi connectivity index (χ3n) is 8.76. The number of amides is 3. The summed E-state index contributed by atoms with van der Waals surface area (Å²) in [6.45, 7) is -0.424. The second-order valence-corrected chi connectivity index (χ2v) is 12.6. The van der Waals surface area contributed by atoms with Crippen LogP contribution < -0.4 is 21.7 Å². The van der Waals surface area contributed by atoms with Crippen LogP contribution in [-0.2, 0) is 39.9 Å². The van der Waals surface area contributed by atoms with Gasteiger partial charge in [-0.05, 0) is 12.0 Å². The monoisotopic (exact) mass is 756 g/mol. The first kappa shape index (κ1) is 41.5. The van der Waals surface area contributed by atoms with Crippen LogP contribution in [0.4, 0.5) is 18.0 Å². The van der Waals surface area contributed by atoms with Gasteiger partial charge < -0.3 is 81.1 Å². The van der Waals surface area contributed by atoms with Gasteiger partial charge in [-0.1, -0.05) is 30.3 Å². The van der Waals surface area contributed by atoms with E-state index >= 15 is 0 Å². The molecule has 2 heterocycles. The lowest BCUT2D eigenvalue weighted by Gasteiger charge is -2.49. The number of alkyl carbamates (subject to hydrolysis) is 1. The Hall–Kier alpha value is -3.26. The fourth-order valence-corrected chi connectivity index (χ4v) is 6.07. The van der Waals surface area contributed by atoms with Crippen LogP contribution in [-0.4, -0.2) is 165 Å². The molecule has 15 atom stereocenters. The van der Waals surface area contributed by atoms with E-state index in [9.17, 15) is 63.3 Å². The summed E-state index contributed by atoms with van der Waals surface area (Å²) >= 11 is 0. The Kier molecular flexibility index (Phi) is 14.1. The van der Waals surface area contributed by atoms with Crippen LogP contribution in [0.15, 0.2) is 30.3 Å². The molecule has 0 bridgehead atoms. The molecule has 3 fully saturated rings. The molecule has 0 spiro atoms. The van der Waals surface area contributed by atoms with E-state index in [1.165, 1.54) is 5.32 Å². The second kappa shape index (κ2) is 17.7. The lowest BCUT2D eigenvalue weighted by molar-refractivity contribution is -0.333. The van der Waals surface area contributed by atoms with Crippen molar-refractivity contribution in [2.45, 2.75) is 118 Å². The van der Waals surface area contributed by atoms with Crippen LogP contribution in [0.1, 0.15) is 18.9 Å². The van der Waals surface area contributed by atoms with Crippen molar-refractivity contribution in [3.8, 4) is 0 Å². The minimum atomic E-state index is -5.41. The van der Waals surface area contributed by atoms with Gasteiger partial charge in [0, 0.05) is 19.5 Å². The fourth-order valence-electron chi connectivity index (χ4n) is 6.07. The molecule has 2 aliphatic heterocycles. The van der Waals surface area contributed by atoms with Crippen molar-refractivity contribution < 1.29 is 87.0 Å². The summed E-state index contributed by atoms with van der Waals surface area (Å²) in [6.07, 6.45) is -28.6. The highest BCUT2D eigenvalue weighted by Gasteiger charge is 2.54. The quantitative estimate of drug-likeness (QED) is 0.102. The van der Waals surface area contributed by atoms with Gasteiger partial charge in [-0.15, -0.1) is 0 Å². The molecule has 1 saturated carbocycles. The Balaban J connectivity index is 1.48. The van der Waals surface area contributed by atoms with E-state index in [0.717, 1.165) is 6.92 Å². The van der Waals surface area contributed by atoms with Gasteiger partial charge in [-0.3, -0.25) is 9.59 Å². The van der Waals surface area contributed by atoms with Crippen molar-refractivity contribution in [2.75, 3.05) is 13.2 Å². The third-order valence-corrected chi connectivity index (χ3v) is 8.76. The Morgan fingerprint density at radius 2 is 1.46 bits per heavy atom. The van der Waals surface area contributed by atoms with E-state index in [-0.39, 0.29) is 13.0 Å². The highest BCUT2D eigenvalue weighted by Crippen LogP contribution is 2.32. The highest BCUT2D eigenvalue weighted by molar-refractivity contribution is 5.82. The lowest BCUT2D eigenvalue weighted by atomic mass is 9.83. The smallest absolute Gasteiger partial charge is 0.445 e. The molecule has 22 heteroatoms. The lowest BCUT2D eigenvalue weighted by Crippen LogP contribution is -2.70. The molecule has 3 aliphatic rings. The molecule has 2 saturated heterocycles. The molecule has 1 aromatic carbocycles. The number of carbonyl (C=O) groups excluding carboxylic acids is 3. The summed E-state index contributed by atoms with van der Waals surface area (Å²) < 4.78 is 66.5. The molecule has 1 aromatic rings. The highest BCUT2D eigenvalue weighted by atomic mass is 19.4. The van der Waals surface area contributed by atoms with E-state index in [2.05, 4.69) is 10.6 Å². The normalized spacial score (nSPS) is 38.2. The number of ether oxygens (including phenoxy) is 5. The molecule has 4 rings (SSSR count). The number of rotatable bonds is 11. The molecule has 1 aliphatic carbocycles. The Morgan fingerprint density at radius 1 is 0.846 bits per heavy atom. The SMILES string of the molecule is CC(=O)NC1C[C@@H](N)C(O[C@H]2OC(CO)[C@@H](O)C(NC(=O)C(F)(F)F)[C@H]2O)[C@@H](O)[C@@H]1O[C@H]1OC(CNC(=O)OCc2ccccc2)[C@@H](O)[C@H](O)C1O. The van der Waals surface area contributed by atoms with E-state index in [0.29, 0.717) is 5.56 Å². The third kappa shape index (κ3) is 10.0. The van der Waals surface area contributed by atoms with E-state index < -0.39 is 129 Å². The first-order chi connectivity index (χ1) is 24.4. The molecule has 294 valence electrons. The molecule has 6 unspecified atom stereocenters. The zero-order valence-electron chi connectivity index (χ0n) is 27.5. The Bertz CT molecular complexity index is 1350. The van der Waals surface area contributed by atoms with Gasteiger partial charge in [0.2, 0.25) is 5.91 Å². The average molecular weight is 757 g/mol. The number of alkyl halides is 3. The number of hydrogen-bond donors (Lipinski definition) is 11. The summed E-state index contributed by atoms with van der Waals surface area (Å²) in [4.78, 5) is 36.0. The van der Waals surface area contributed by atoms with Gasteiger partial charge in [0.1, 0.15) is 67.6 Å². The first-order valence-electron chi connectivity index (χ1n) is 16.1. The van der Waals surface area contributed by atoms with E-state index in [4.69, 9.17) is 29.4 Å². The number of carbonyl (C=O) groups is 3. The van der Waals surface area contributed by atoms with Crippen molar-refractivity contribution in [1.82, 2.24) is 16.0 Å². The minimum Gasteiger partial charge on any atom is -0.445 e. The second-order valence-electron chi connectivity index (χ2n) is 12.6. The summed E-state index contributed by atoms with van der Waals surface area (Å²) in [5.74, 6) is -3.15. The number of aliphatic hydroxyl groups is 7. The number of benzene rings is 1. The Labute approximate surface area is 293 Å². The summed E-state index contributed by atoms with van der Waals surface area (Å²) in [7, 11) is 0. The van der Waals surface area contributed by atoms with Crippen LogP contribution in [0.5, 0.6) is 0 Å². The topological polar surface area (TPSA) is 301 Å². The molecule has 52 heavy (non-hydrogen) atoms. The standard InChI is InChI=1S/C30H43F3N4O15/c1-11(39)36-14-7-13(34)24(51-26-20(42)17(18(40)16(9-38)50-26)37-28(46)30(31,32)33)23(45)25(14)52-27-22(44)21(43)19(41)15(49-27)8-35-29(47)48-10-12-5-3-2-4-6-12/h2-6,13-27,38,40-45H,7-10,34H2,1H3,(H,35,47)(H,36,39)(H,37,46)/t13-,14?,15?,16?,17?,18-,19-,20-,21+,22?,23-,24?,25-,26-,27-/m1/s1. The maximum absolute atomic E-state index is 13.0. The summed E-state index contributed by atoms with van der Waals surface area (Å²) in [5.41, 5.74) is 6.91. The molecule has 19 nitrogen and oxygen atoms in total. The number of aliphatic hydroxyl groups excluding tert-OH is 7. The predicted molar refractivity (Wildman–Crippen MR) is 163 cm³/mol. The average Bonchev–Trinajstić information content (AvgIpc) is 3.09. The molecule has 3 amide bonds. The molecule has 0 aromatic heterocycles. The first-order valence-corrected chi connectivity index (χ1v) is 16.1. The van der Waals surface area contributed by atoms with Gasteiger partial charge in [0.15, 0.2) is 12.6 Å². The van der Waals surface area contributed by atoms with Gasteiger partial charge >= 0.3 is 18.2 Å². The van der Waals surface area contributed by atoms with Crippen molar-refractivity contribution in [1.29, 1.82) is 0 Å². The summed E-state index contributed by atoms with van der Waals surface area (Å²) in [5, 5.41) is 80.5. The zero-order valence-corrected chi connectivity index (χ0v) is 27.5. The van der Waals surface area contributed by atoms with Crippen LogP contribution in [0.2, 0.25) is 0 Å². The van der Waals surface area contributed by atoms with Gasteiger partial charge in [-0.25, -0.2) is 4.79 Å². The molecular formula is C30H43F3N4O15. The van der Waals surface area contributed by atoms with Crippen LogP contribution in [0.25, 0.3) is 0 Å². The maximum atomic E-state index is 13.0. The van der Waals surface area contributed by atoms with Crippen LogP contribution in [0, 0.1) is 0 Å². The van der Waals surface area contributed by atoms with Crippen LogP contribution >= 0.6 is 0 Å². The number of hydrogen-bond acceptors (Lipinski definition) is 16. The number of nitrogens with one attached hydrogen (secondary N) is 3.